The molecule has 0 fully saturated rings. The minimum absolute atomic E-state index is 0.0391. The summed E-state index contributed by atoms with van der Waals surface area (Å²) in [5, 5.41) is 4.42. The molecule has 0 aromatic heterocycles. The predicted molar refractivity (Wildman–Crippen MR) is 107 cm³/mol. The number of hydrogen-bond donors (Lipinski definition) is 1. The molecule has 6 heteroatoms. The summed E-state index contributed by atoms with van der Waals surface area (Å²) in [6, 6.07) is 12.8. The molecule has 0 radical (unpaired) electrons. The second-order valence-electron chi connectivity index (χ2n) is 6.92. The van der Waals surface area contributed by atoms with Gasteiger partial charge in [0.2, 0.25) is 5.91 Å². The predicted octanol–water partition coefficient (Wildman–Crippen LogP) is 5.65. The van der Waals surface area contributed by atoms with E-state index in [9.17, 15) is 9.59 Å². The van der Waals surface area contributed by atoms with Gasteiger partial charge in [0.25, 0.3) is 0 Å². The molecule has 1 N–H and O–H groups in total. The van der Waals surface area contributed by atoms with Crippen LogP contribution in [0.1, 0.15) is 42.2 Å². The van der Waals surface area contributed by atoms with Gasteiger partial charge in [-0.1, -0.05) is 59.1 Å². The van der Waals surface area contributed by atoms with E-state index in [0.717, 1.165) is 11.1 Å². The van der Waals surface area contributed by atoms with Crippen molar-refractivity contribution in [1.29, 1.82) is 0 Å². The van der Waals surface area contributed by atoms with Crippen molar-refractivity contribution in [2.24, 2.45) is 0 Å². The summed E-state index contributed by atoms with van der Waals surface area (Å²) in [6.45, 7) is 0. The van der Waals surface area contributed by atoms with Gasteiger partial charge in [-0.25, -0.2) is 0 Å². The molecule has 1 amide bonds. The molecule has 2 atom stereocenters. The second-order valence-corrected chi connectivity index (χ2v) is 8.14. The Kier molecular flexibility index (Phi) is 5.02. The maximum atomic E-state index is 13.1. The molecule has 0 saturated carbocycles. The topological polar surface area (TPSA) is 46.2 Å². The van der Waals surface area contributed by atoms with Gasteiger partial charge in [0, 0.05) is 35.1 Å². The molecule has 1 aliphatic carbocycles. The Bertz CT molecular complexity index is 983. The molecule has 3 nitrogen and oxygen atoms in total. The van der Waals surface area contributed by atoms with Gasteiger partial charge in [-0.15, -0.1) is 0 Å². The SMILES string of the molecule is O=C1C[C@H](c2ccc(Cl)c(Cl)c2)C2=C(C[C@@H](c3ccccc3Cl)CC2=O)N1. The molecule has 0 saturated heterocycles. The minimum Gasteiger partial charge on any atom is -0.329 e. The number of nitrogens with one attached hydrogen (secondary N) is 1. The standard InChI is InChI=1S/C21H16Cl3NO2/c22-15-4-2-1-3-13(15)12-8-18-21(19(26)9-12)14(10-20(27)25-18)11-5-6-16(23)17(24)7-11/h1-7,12,14H,8-10H2,(H,25,27)/t12-,14-/m1/s1. The number of ketones is 1. The molecule has 0 unspecified atom stereocenters. The first-order valence-electron chi connectivity index (χ1n) is 8.69. The first-order valence-corrected chi connectivity index (χ1v) is 9.83. The van der Waals surface area contributed by atoms with Crippen LogP contribution in [0, 0.1) is 0 Å². The summed E-state index contributed by atoms with van der Waals surface area (Å²) in [4.78, 5) is 25.4. The molecule has 2 aromatic carbocycles. The van der Waals surface area contributed by atoms with Gasteiger partial charge < -0.3 is 5.32 Å². The quantitative estimate of drug-likeness (QED) is 0.682. The highest BCUT2D eigenvalue weighted by Crippen LogP contribution is 2.44. The summed E-state index contributed by atoms with van der Waals surface area (Å²) in [5.74, 6) is -0.407. The molecule has 0 spiro atoms. The molecule has 4 rings (SSSR count). The van der Waals surface area contributed by atoms with Crippen molar-refractivity contribution in [2.75, 3.05) is 0 Å². The highest BCUT2D eigenvalue weighted by atomic mass is 35.5. The third-order valence-corrected chi connectivity index (χ3v) is 6.31. The normalized spacial score (nSPS) is 22.5. The Morgan fingerprint density at radius 3 is 2.37 bits per heavy atom. The number of amides is 1. The van der Waals surface area contributed by atoms with Crippen molar-refractivity contribution in [3.05, 3.63) is 79.9 Å². The van der Waals surface area contributed by atoms with E-state index in [2.05, 4.69) is 5.32 Å². The monoisotopic (exact) mass is 419 g/mol. The average molecular weight is 421 g/mol. The zero-order valence-corrected chi connectivity index (χ0v) is 16.5. The first-order chi connectivity index (χ1) is 12.9. The molecule has 27 heavy (non-hydrogen) atoms. The van der Waals surface area contributed by atoms with Crippen LogP contribution in [0.25, 0.3) is 0 Å². The van der Waals surface area contributed by atoms with Crippen LogP contribution in [0.5, 0.6) is 0 Å². The Labute approximate surface area is 172 Å². The molecule has 2 aromatic rings. The third-order valence-electron chi connectivity index (χ3n) is 5.23. The average Bonchev–Trinajstić information content (AvgIpc) is 2.63. The summed E-state index contributed by atoms with van der Waals surface area (Å²) in [5.41, 5.74) is 3.14. The molecule has 138 valence electrons. The number of carbonyl (C=O) groups excluding carboxylic acids is 2. The van der Waals surface area contributed by atoms with Crippen molar-refractivity contribution in [1.82, 2.24) is 5.32 Å². The molecule has 0 bridgehead atoms. The Morgan fingerprint density at radius 1 is 0.852 bits per heavy atom. The summed E-state index contributed by atoms with van der Waals surface area (Å²) in [7, 11) is 0. The Hall–Kier alpha value is -1.81. The zero-order valence-electron chi connectivity index (χ0n) is 14.3. The van der Waals surface area contributed by atoms with Crippen molar-refractivity contribution < 1.29 is 9.59 Å². The summed E-state index contributed by atoms with van der Waals surface area (Å²) in [6.07, 6.45) is 1.17. The van der Waals surface area contributed by atoms with Crippen LogP contribution in [-0.2, 0) is 9.59 Å². The number of hydrogen-bond acceptors (Lipinski definition) is 2. The number of allylic oxidation sites excluding steroid dienone is 2. The molecular formula is C21H16Cl3NO2. The van der Waals surface area contributed by atoms with E-state index < -0.39 is 0 Å². The van der Waals surface area contributed by atoms with Crippen LogP contribution < -0.4 is 5.32 Å². The lowest BCUT2D eigenvalue weighted by atomic mass is 9.73. The van der Waals surface area contributed by atoms with Gasteiger partial charge in [0.05, 0.1) is 10.0 Å². The number of carbonyl (C=O) groups is 2. The number of Topliss-reactive ketones (excluding diaryl/α,β-unsaturated/α-hetero) is 1. The summed E-state index contributed by atoms with van der Waals surface area (Å²) >= 11 is 18.5. The Morgan fingerprint density at radius 2 is 1.63 bits per heavy atom. The van der Waals surface area contributed by atoms with Crippen LogP contribution in [0.2, 0.25) is 15.1 Å². The highest BCUT2D eigenvalue weighted by molar-refractivity contribution is 6.42. The molecule has 1 aliphatic heterocycles. The number of benzene rings is 2. The van der Waals surface area contributed by atoms with Gasteiger partial charge in [-0.3, -0.25) is 9.59 Å². The maximum Gasteiger partial charge on any atom is 0.225 e. The van der Waals surface area contributed by atoms with Crippen LogP contribution in [0.15, 0.2) is 53.7 Å². The van der Waals surface area contributed by atoms with Gasteiger partial charge in [0.15, 0.2) is 5.78 Å². The molecule has 2 aliphatic rings. The van der Waals surface area contributed by atoms with Crippen LogP contribution in [0.4, 0.5) is 0 Å². The minimum atomic E-state index is -0.303. The van der Waals surface area contributed by atoms with Crippen molar-refractivity contribution >= 4 is 46.5 Å². The van der Waals surface area contributed by atoms with E-state index in [1.165, 1.54) is 0 Å². The molecule has 1 heterocycles. The van der Waals surface area contributed by atoms with Crippen molar-refractivity contribution in [2.45, 2.75) is 31.1 Å². The number of halogens is 3. The fourth-order valence-electron chi connectivity index (χ4n) is 4.00. The summed E-state index contributed by atoms with van der Waals surface area (Å²) < 4.78 is 0. The first kappa shape index (κ1) is 18.5. The third kappa shape index (κ3) is 3.52. The number of rotatable bonds is 2. The smallest absolute Gasteiger partial charge is 0.225 e. The van der Waals surface area contributed by atoms with Gasteiger partial charge in [0.1, 0.15) is 0 Å². The van der Waals surface area contributed by atoms with Gasteiger partial charge >= 0.3 is 0 Å². The van der Waals surface area contributed by atoms with Crippen LogP contribution >= 0.6 is 34.8 Å². The zero-order chi connectivity index (χ0) is 19.1. The van der Waals surface area contributed by atoms with Crippen LogP contribution in [0.3, 0.4) is 0 Å². The van der Waals surface area contributed by atoms with Crippen molar-refractivity contribution in [3.8, 4) is 0 Å². The van der Waals surface area contributed by atoms with E-state index in [1.54, 1.807) is 12.1 Å². The van der Waals surface area contributed by atoms with Gasteiger partial charge in [-0.2, -0.15) is 0 Å². The van der Waals surface area contributed by atoms with Gasteiger partial charge in [-0.05, 0) is 41.7 Å². The van der Waals surface area contributed by atoms with E-state index in [4.69, 9.17) is 34.8 Å². The Balaban J connectivity index is 1.74. The van der Waals surface area contributed by atoms with Crippen LogP contribution in [-0.4, -0.2) is 11.7 Å². The largest absolute Gasteiger partial charge is 0.329 e. The lowest BCUT2D eigenvalue weighted by Gasteiger charge is -2.34. The lowest BCUT2D eigenvalue weighted by molar-refractivity contribution is -0.122. The van der Waals surface area contributed by atoms with E-state index in [0.29, 0.717) is 39.2 Å². The van der Waals surface area contributed by atoms with E-state index in [-0.39, 0.29) is 29.9 Å². The van der Waals surface area contributed by atoms with Crippen molar-refractivity contribution in [3.63, 3.8) is 0 Å². The second kappa shape index (κ2) is 7.31. The maximum absolute atomic E-state index is 13.1. The van der Waals surface area contributed by atoms with E-state index >= 15 is 0 Å². The molecular weight excluding hydrogens is 405 g/mol. The fourth-order valence-corrected chi connectivity index (χ4v) is 4.60. The highest BCUT2D eigenvalue weighted by Gasteiger charge is 2.38. The fraction of sp³-hybridized carbons (Fsp3) is 0.238. The lowest BCUT2D eigenvalue weighted by Crippen LogP contribution is -2.38. The van der Waals surface area contributed by atoms with E-state index in [1.807, 2.05) is 30.3 Å².